The maximum atomic E-state index is 12.0. The Bertz CT molecular complexity index is 421. The quantitative estimate of drug-likeness (QED) is 0.737. The average Bonchev–Trinajstić information content (AvgIpc) is 2.29. The Labute approximate surface area is 88.3 Å². The first kappa shape index (κ1) is 9.93. The Kier molecular flexibility index (Phi) is 2.56. The number of Topliss-reactive ketones (excluding diaryl/α,β-unsaturated/α-hetero) is 1. The lowest BCUT2D eigenvalue weighted by molar-refractivity contribution is 0.0537. The highest BCUT2D eigenvalue weighted by atomic mass is 16.5. The van der Waals surface area contributed by atoms with Gasteiger partial charge in [0.15, 0.2) is 11.9 Å². The van der Waals surface area contributed by atoms with Gasteiger partial charge < -0.3 is 9.47 Å². The van der Waals surface area contributed by atoms with Crippen LogP contribution in [0.15, 0.2) is 30.0 Å². The molecule has 1 atom stereocenters. The van der Waals surface area contributed by atoms with Crippen LogP contribution in [0.4, 0.5) is 0 Å². The highest BCUT2D eigenvalue weighted by Gasteiger charge is 2.30. The van der Waals surface area contributed by atoms with Gasteiger partial charge in [0.25, 0.3) is 0 Å². The number of rotatable bonds is 2. The molecular weight excluding hydrogens is 192 g/mol. The summed E-state index contributed by atoms with van der Waals surface area (Å²) in [6, 6.07) is 7.42. The topological polar surface area (TPSA) is 35.5 Å². The summed E-state index contributed by atoms with van der Waals surface area (Å²) in [4.78, 5) is 12.0. The molecule has 0 N–H and O–H groups in total. The maximum absolute atomic E-state index is 12.0. The van der Waals surface area contributed by atoms with E-state index in [0.717, 1.165) is 5.56 Å². The third kappa shape index (κ3) is 1.55. The number of hydrogen-bond donors (Lipinski definition) is 0. The van der Waals surface area contributed by atoms with Crippen molar-refractivity contribution in [2.45, 2.75) is 6.10 Å². The molecule has 3 nitrogen and oxygen atoms in total. The molecule has 0 spiro atoms. The van der Waals surface area contributed by atoms with E-state index in [1.165, 1.54) is 7.11 Å². The fourth-order valence-electron chi connectivity index (χ4n) is 1.74. The first-order valence-electron chi connectivity index (χ1n) is 4.69. The second kappa shape index (κ2) is 3.87. The highest BCUT2D eigenvalue weighted by Crippen LogP contribution is 2.25. The third-order valence-corrected chi connectivity index (χ3v) is 2.49. The molecule has 3 heteroatoms. The van der Waals surface area contributed by atoms with E-state index in [9.17, 15) is 4.79 Å². The monoisotopic (exact) mass is 204 g/mol. The second-order valence-electron chi connectivity index (χ2n) is 3.32. The summed E-state index contributed by atoms with van der Waals surface area (Å²) < 4.78 is 10.3. The van der Waals surface area contributed by atoms with Gasteiger partial charge in [-0.25, -0.2) is 0 Å². The molecule has 0 aromatic heterocycles. The summed E-state index contributed by atoms with van der Waals surface area (Å²) in [6.45, 7) is 0. The molecule has 1 aliphatic rings. The number of hydrogen-bond acceptors (Lipinski definition) is 3. The molecule has 1 unspecified atom stereocenters. The van der Waals surface area contributed by atoms with Crippen LogP contribution in [0.3, 0.4) is 0 Å². The van der Waals surface area contributed by atoms with Gasteiger partial charge >= 0.3 is 0 Å². The van der Waals surface area contributed by atoms with Crippen LogP contribution in [0.2, 0.25) is 0 Å². The first-order valence-corrected chi connectivity index (χ1v) is 4.69. The molecule has 0 bridgehead atoms. The molecule has 78 valence electrons. The first-order chi connectivity index (χ1) is 7.27. The summed E-state index contributed by atoms with van der Waals surface area (Å²) in [6.07, 6.45) is 1.23. The Hall–Kier alpha value is -1.61. The van der Waals surface area contributed by atoms with Gasteiger partial charge in [0.05, 0.1) is 7.11 Å². The van der Waals surface area contributed by atoms with Gasteiger partial charge in [-0.2, -0.15) is 0 Å². The molecule has 1 aromatic carbocycles. The number of carbonyl (C=O) groups excluding carboxylic acids is 1. The summed E-state index contributed by atoms with van der Waals surface area (Å²) in [5.74, 6) is 0.508. The number of ether oxygens (including phenoxy) is 2. The lowest BCUT2D eigenvalue weighted by atomic mass is 9.93. The molecule has 15 heavy (non-hydrogen) atoms. The smallest absolute Gasteiger partial charge is 0.199 e. The van der Waals surface area contributed by atoms with Gasteiger partial charge in [-0.3, -0.25) is 4.79 Å². The Morgan fingerprint density at radius 2 is 1.93 bits per heavy atom. The van der Waals surface area contributed by atoms with Crippen LogP contribution in [0, 0.1) is 0 Å². The minimum absolute atomic E-state index is 0.0487. The highest BCUT2D eigenvalue weighted by molar-refractivity contribution is 6.06. The van der Waals surface area contributed by atoms with Crippen LogP contribution in [0.25, 0.3) is 6.08 Å². The molecule has 0 aliphatic heterocycles. The molecule has 1 aliphatic carbocycles. The fourth-order valence-corrected chi connectivity index (χ4v) is 1.74. The predicted molar refractivity (Wildman–Crippen MR) is 56.6 cm³/mol. The Morgan fingerprint density at radius 3 is 2.60 bits per heavy atom. The molecule has 0 fully saturated rings. The molecule has 0 saturated carbocycles. The Morgan fingerprint density at radius 1 is 1.20 bits per heavy atom. The zero-order chi connectivity index (χ0) is 10.8. The van der Waals surface area contributed by atoms with Crippen molar-refractivity contribution in [2.75, 3.05) is 14.2 Å². The van der Waals surface area contributed by atoms with Gasteiger partial charge in [0.1, 0.15) is 5.76 Å². The van der Waals surface area contributed by atoms with Gasteiger partial charge in [-0.05, 0) is 11.6 Å². The van der Waals surface area contributed by atoms with Crippen LogP contribution in [0.5, 0.6) is 0 Å². The van der Waals surface area contributed by atoms with Crippen molar-refractivity contribution < 1.29 is 14.3 Å². The van der Waals surface area contributed by atoms with E-state index in [1.54, 1.807) is 13.2 Å². The van der Waals surface area contributed by atoms with Crippen molar-refractivity contribution in [3.8, 4) is 0 Å². The van der Waals surface area contributed by atoms with Crippen molar-refractivity contribution in [1.29, 1.82) is 0 Å². The maximum Gasteiger partial charge on any atom is 0.199 e. The fraction of sp³-hybridized carbons (Fsp3) is 0.250. The van der Waals surface area contributed by atoms with Crippen molar-refractivity contribution in [3.63, 3.8) is 0 Å². The van der Waals surface area contributed by atoms with E-state index >= 15 is 0 Å². The van der Waals surface area contributed by atoms with Crippen LogP contribution >= 0.6 is 0 Å². The molecule has 0 amide bonds. The molecule has 1 aromatic rings. The molecular formula is C12H12O3. The van der Waals surface area contributed by atoms with Crippen molar-refractivity contribution in [1.82, 2.24) is 0 Å². The second-order valence-corrected chi connectivity index (χ2v) is 3.32. The van der Waals surface area contributed by atoms with Crippen LogP contribution < -0.4 is 0 Å². The van der Waals surface area contributed by atoms with Crippen molar-refractivity contribution in [3.05, 3.63) is 41.2 Å². The van der Waals surface area contributed by atoms with E-state index in [2.05, 4.69) is 0 Å². The van der Waals surface area contributed by atoms with E-state index in [0.29, 0.717) is 11.3 Å². The molecule has 0 radical (unpaired) electrons. The lowest BCUT2D eigenvalue weighted by Crippen LogP contribution is -2.29. The number of benzene rings is 1. The van der Waals surface area contributed by atoms with Crippen molar-refractivity contribution >= 4 is 11.9 Å². The molecule has 0 saturated heterocycles. The summed E-state index contributed by atoms with van der Waals surface area (Å²) in [7, 11) is 3.04. The zero-order valence-corrected chi connectivity index (χ0v) is 8.69. The minimum Gasteiger partial charge on any atom is -0.498 e. The van der Waals surface area contributed by atoms with Crippen LogP contribution in [-0.2, 0) is 9.47 Å². The number of ketones is 1. The molecule has 2 rings (SSSR count). The minimum atomic E-state index is -0.607. The number of fused-ring (bicyclic) bond motifs is 1. The standard InChI is InChI=1S/C12H12O3/c1-14-10-7-8-5-3-4-6-9(8)11(13)12(10)15-2/h3-7,12H,1-2H3. The van der Waals surface area contributed by atoms with Crippen LogP contribution in [-0.4, -0.2) is 26.1 Å². The van der Waals surface area contributed by atoms with E-state index < -0.39 is 6.10 Å². The summed E-state index contributed by atoms with van der Waals surface area (Å²) in [5.41, 5.74) is 1.57. The largest absolute Gasteiger partial charge is 0.498 e. The van der Waals surface area contributed by atoms with E-state index in [1.807, 2.05) is 24.3 Å². The van der Waals surface area contributed by atoms with Gasteiger partial charge in [0.2, 0.25) is 0 Å². The summed E-state index contributed by atoms with van der Waals surface area (Å²) >= 11 is 0. The van der Waals surface area contributed by atoms with Crippen molar-refractivity contribution in [2.24, 2.45) is 0 Å². The van der Waals surface area contributed by atoms with Gasteiger partial charge in [-0.15, -0.1) is 0 Å². The normalized spacial score (nSPS) is 19.5. The van der Waals surface area contributed by atoms with E-state index in [4.69, 9.17) is 9.47 Å². The SMILES string of the molecule is COC1=Cc2ccccc2C(=O)C1OC. The number of carbonyl (C=O) groups is 1. The number of methoxy groups -OCH3 is 2. The average molecular weight is 204 g/mol. The predicted octanol–water partition coefficient (Wildman–Crippen LogP) is 1.89. The molecule has 0 heterocycles. The van der Waals surface area contributed by atoms with Gasteiger partial charge in [-0.1, -0.05) is 24.3 Å². The van der Waals surface area contributed by atoms with E-state index in [-0.39, 0.29) is 5.78 Å². The van der Waals surface area contributed by atoms with Gasteiger partial charge in [0, 0.05) is 12.7 Å². The zero-order valence-electron chi connectivity index (χ0n) is 8.69. The summed E-state index contributed by atoms with van der Waals surface area (Å²) in [5, 5.41) is 0. The van der Waals surface area contributed by atoms with Crippen LogP contribution in [0.1, 0.15) is 15.9 Å². The third-order valence-electron chi connectivity index (χ3n) is 2.49. The Balaban J connectivity index is 2.54. The lowest BCUT2D eigenvalue weighted by Gasteiger charge is -2.22.